The van der Waals surface area contributed by atoms with Gasteiger partial charge in [0.25, 0.3) is 0 Å². The molecule has 1 aromatic carbocycles. The number of hydrogen-bond donors (Lipinski definition) is 1. The zero-order valence-electron chi connectivity index (χ0n) is 16.0. The van der Waals surface area contributed by atoms with Gasteiger partial charge in [0.15, 0.2) is 5.78 Å². The van der Waals surface area contributed by atoms with Crippen molar-refractivity contribution in [2.75, 3.05) is 25.2 Å². The van der Waals surface area contributed by atoms with Crippen LogP contribution in [0.5, 0.6) is 5.75 Å². The van der Waals surface area contributed by atoms with Gasteiger partial charge in [-0.1, -0.05) is 19.1 Å². The second kappa shape index (κ2) is 8.65. The molecule has 0 spiro atoms. The summed E-state index contributed by atoms with van der Waals surface area (Å²) in [5.74, 6) is 2.36. The summed E-state index contributed by atoms with van der Waals surface area (Å²) in [7, 11) is 1.63. The number of nitrogens with one attached hydrogen (secondary N) is 1. The molecule has 0 unspecified atom stereocenters. The molecule has 0 bridgehead atoms. The molecule has 144 valence electrons. The number of aromatic nitrogens is 1. The Hall–Kier alpha value is -2.21. The molecule has 2 aromatic rings. The van der Waals surface area contributed by atoms with E-state index in [2.05, 4.69) is 11.9 Å². The fourth-order valence-corrected chi connectivity index (χ4v) is 4.05. The highest BCUT2D eigenvalue weighted by molar-refractivity contribution is 7.99. The molecule has 0 saturated carbocycles. The highest BCUT2D eigenvalue weighted by atomic mass is 32.2. The van der Waals surface area contributed by atoms with E-state index in [0.717, 1.165) is 28.5 Å². The van der Waals surface area contributed by atoms with Gasteiger partial charge in [-0.05, 0) is 48.3 Å². The van der Waals surface area contributed by atoms with E-state index < -0.39 is 0 Å². The first-order chi connectivity index (χ1) is 13.0. The van der Waals surface area contributed by atoms with E-state index in [-0.39, 0.29) is 17.7 Å². The minimum absolute atomic E-state index is 0.0754. The second-order valence-electron chi connectivity index (χ2n) is 6.61. The van der Waals surface area contributed by atoms with Gasteiger partial charge in [-0.2, -0.15) is 11.8 Å². The number of benzene rings is 1. The lowest BCUT2D eigenvalue weighted by atomic mass is 9.81. The van der Waals surface area contributed by atoms with Crippen LogP contribution in [0.4, 0.5) is 0 Å². The van der Waals surface area contributed by atoms with Crippen molar-refractivity contribution in [1.29, 1.82) is 0 Å². The molecule has 0 saturated heterocycles. The Morgan fingerprint density at radius 1 is 1.26 bits per heavy atom. The molecular weight excluding hydrogens is 362 g/mol. The van der Waals surface area contributed by atoms with Gasteiger partial charge >= 0.3 is 5.97 Å². The van der Waals surface area contributed by atoms with Crippen LogP contribution < -0.4 is 4.74 Å². The monoisotopic (exact) mass is 387 g/mol. The van der Waals surface area contributed by atoms with Crippen LogP contribution in [0.2, 0.25) is 0 Å². The number of ether oxygens (including phenoxy) is 2. The van der Waals surface area contributed by atoms with E-state index in [9.17, 15) is 9.59 Å². The molecule has 1 aliphatic rings. The SMILES string of the molecule is CCSCCOC(=O)c1[nH]c2c(c1C)C(=O)C[C@@H](c1ccc(OC)cc1)C2. The van der Waals surface area contributed by atoms with Crippen molar-refractivity contribution in [1.82, 2.24) is 4.98 Å². The number of ketones is 1. The fourth-order valence-electron chi connectivity index (χ4n) is 3.56. The molecule has 5 nitrogen and oxygen atoms in total. The zero-order chi connectivity index (χ0) is 19.4. The smallest absolute Gasteiger partial charge is 0.355 e. The minimum atomic E-state index is -0.382. The Kier molecular flexibility index (Phi) is 6.26. The van der Waals surface area contributed by atoms with Gasteiger partial charge in [-0.25, -0.2) is 4.79 Å². The van der Waals surface area contributed by atoms with E-state index in [4.69, 9.17) is 9.47 Å². The molecule has 0 radical (unpaired) electrons. The average molecular weight is 388 g/mol. The van der Waals surface area contributed by atoms with Gasteiger partial charge in [0, 0.05) is 23.4 Å². The first-order valence-electron chi connectivity index (χ1n) is 9.18. The zero-order valence-corrected chi connectivity index (χ0v) is 16.8. The minimum Gasteiger partial charge on any atom is -0.497 e. The lowest BCUT2D eigenvalue weighted by Gasteiger charge is -2.22. The van der Waals surface area contributed by atoms with Crippen LogP contribution in [0.25, 0.3) is 0 Å². The maximum atomic E-state index is 12.7. The van der Waals surface area contributed by atoms with Crippen LogP contribution in [-0.2, 0) is 11.2 Å². The van der Waals surface area contributed by atoms with Crippen LogP contribution in [0.15, 0.2) is 24.3 Å². The van der Waals surface area contributed by atoms with Gasteiger partial charge < -0.3 is 14.5 Å². The van der Waals surface area contributed by atoms with Gasteiger partial charge in [0.2, 0.25) is 0 Å². The molecule has 3 rings (SSSR count). The van der Waals surface area contributed by atoms with Crippen LogP contribution >= 0.6 is 11.8 Å². The highest BCUT2D eigenvalue weighted by Crippen LogP contribution is 2.35. The number of esters is 1. The van der Waals surface area contributed by atoms with Crippen LogP contribution in [-0.4, -0.2) is 42.0 Å². The standard InChI is InChI=1S/C21H25NO4S/c1-4-27-10-9-26-21(24)20-13(2)19-17(22-20)11-15(12-18(19)23)14-5-7-16(25-3)8-6-14/h5-8,15,22H,4,9-12H2,1-3H3/t15-/m0/s1. The van der Waals surface area contributed by atoms with Crippen LogP contribution in [0.3, 0.4) is 0 Å². The van der Waals surface area contributed by atoms with Crippen molar-refractivity contribution in [3.8, 4) is 5.75 Å². The van der Waals surface area contributed by atoms with E-state index >= 15 is 0 Å². The second-order valence-corrected chi connectivity index (χ2v) is 8.01. The van der Waals surface area contributed by atoms with E-state index in [1.54, 1.807) is 18.9 Å². The summed E-state index contributed by atoms with van der Waals surface area (Å²) in [5.41, 5.74) is 3.71. The Morgan fingerprint density at radius 3 is 2.67 bits per heavy atom. The summed E-state index contributed by atoms with van der Waals surface area (Å²) in [5, 5.41) is 0. The summed E-state index contributed by atoms with van der Waals surface area (Å²) in [6.07, 6.45) is 1.15. The van der Waals surface area contributed by atoms with Crippen molar-refractivity contribution in [2.24, 2.45) is 0 Å². The van der Waals surface area contributed by atoms with Crippen LogP contribution in [0, 0.1) is 6.92 Å². The molecule has 1 aliphatic carbocycles. The number of thioether (sulfide) groups is 1. The van der Waals surface area contributed by atoms with E-state index in [1.165, 1.54) is 0 Å². The number of fused-ring (bicyclic) bond motifs is 1. The summed E-state index contributed by atoms with van der Waals surface area (Å²) < 4.78 is 10.5. The van der Waals surface area contributed by atoms with Gasteiger partial charge in [-0.15, -0.1) is 0 Å². The molecule has 1 heterocycles. The molecule has 0 fully saturated rings. The molecule has 6 heteroatoms. The molecule has 0 amide bonds. The number of rotatable bonds is 7. The van der Waals surface area contributed by atoms with E-state index in [1.807, 2.05) is 31.2 Å². The predicted octanol–water partition coefficient (Wildman–Crippen LogP) is 4.15. The van der Waals surface area contributed by atoms with Gasteiger partial charge in [0.1, 0.15) is 18.1 Å². The molecule has 1 atom stereocenters. The fraction of sp³-hybridized carbons (Fsp3) is 0.429. The third kappa shape index (κ3) is 4.21. The number of Topliss-reactive ketones (excluding diaryl/α,β-unsaturated/α-hetero) is 1. The third-order valence-electron chi connectivity index (χ3n) is 4.95. The Morgan fingerprint density at radius 2 is 2.00 bits per heavy atom. The summed E-state index contributed by atoms with van der Waals surface area (Å²) in [4.78, 5) is 28.3. The maximum Gasteiger partial charge on any atom is 0.355 e. The first kappa shape index (κ1) is 19.5. The highest BCUT2D eigenvalue weighted by Gasteiger charge is 2.32. The third-order valence-corrected chi connectivity index (χ3v) is 5.81. The lowest BCUT2D eigenvalue weighted by molar-refractivity contribution is 0.0523. The molecule has 0 aliphatic heterocycles. The van der Waals surface area contributed by atoms with Crippen molar-refractivity contribution < 1.29 is 19.1 Å². The quantitative estimate of drug-likeness (QED) is 0.571. The largest absolute Gasteiger partial charge is 0.497 e. The number of methoxy groups -OCH3 is 1. The number of H-pyrrole nitrogens is 1. The molecule has 1 aromatic heterocycles. The molecule has 1 N–H and O–H groups in total. The summed E-state index contributed by atoms with van der Waals surface area (Å²) in [6.45, 7) is 4.27. The van der Waals surface area contributed by atoms with Gasteiger partial charge in [0.05, 0.1) is 7.11 Å². The lowest BCUT2D eigenvalue weighted by Crippen LogP contribution is -2.18. The van der Waals surface area contributed by atoms with E-state index in [0.29, 0.717) is 36.3 Å². The first-order valence-corrected chi connectivity index (χ1v) is 10.3. The maximum absolute atomic E-state index is 12.7. The Labute approximate surface area is 163 Å². The summed E-state index contributed by atoms with van der Waals surface area (Å²) in [6, 6.07) is 7.81. The summed E-state index contributed by atoms with van der Waals surface area (Å²) >= 11 is 1.73. The van der Waals surface area contributed by atoms with Crippen molar-refractivity contribution in [3.05, 3.63) is 52.3 Å². The van der Waals surface area contributed by atoms with Crippen molar-refractivity contribution >= 4 is 23.5 Å². The van der Waals surface area contributed by atoms with Gasteiger partial charge in [-0.3, -0.25) is 4.79 Å². The molecular formula is C21H25NO4S. The predicted molar refractivity (Wildman–Crippen MR) is 107 cm³/mol. The topological polar surface area (TPSA) is 68.4 Å². The Balaban J connectivity index is 1.77. The average Bonchev–Trinajstić information content (AvgIpc) is 3.02. The van der Waals surface area contributed by atoms with Crippen LogP contribution in [0.1, 0.15) is 56.9 Å². The number of carbonyl (C=O) groups is 2. The normalized spacial score (nSPS) is 16.1. The number of hydrogen-bond acceptors (Lipinski definition) is 5. The van der Waals surface area contributed by atoms with Crippen molar-refractivity contribution in [3.63, 3.8) is 0 Å². The Bertz CT molecular complexity index is 825. The number of carbonyl (C=O) groups excluding carboxylic acids is 2. The number of aromatic amines is 1. The van der Waals surface area contributed by atoms with Crippen molar-refractivity contribution in [2.45, 2.75) is 32.6 Å². The molecule has 27 heavy (non-hydrogen) atoms.